The van der Waals surface area contributed by atoms with E-state index in [1.54, 1.807) is 36.3 Å². The predicted molar refractivity (Wildman–Crippen MR) is 105 cm³/mol. The number of aromatic carboxylic acids is 1. The van der Waals surface area contributed by atoms with Gasteiger partial charge < -0.3 is 24.0 Å². The molecule has 2 aromatic rings. The number of nitrogens with zero attached hydrogens (tertiary/aromatic N) is 2. The third kappa shape index (κ3) is 4.70. The molecule has 3 rings (SSSR count). The van der Waals surface area contributed by atoms with Crippen LogP contribution >= 0.6 is 0 Å². The summed E-state index contributed by atoms with van der Waals surface area (Å²) in [5.74, 6) is -0.183. The van der Waals surface area contributed by atoms with Crippen LogP contribution in [0, 0.1) is 0 Å². The molecule has 1 amide bonds. The third-order valence-corrected chi connectivity index (χ3v) is 4.81. The molecule has 2 heterocycles. The fourth-order valence-electron chi connectivity index (χ4n) is 3.38. The number of benzene rings is 1. The maximum atomic E-state index is 12.2. The maximum Gasteiger partial charge on any atom is 0.410 e. The van der Waals surface area contributed by atoms with E-state index in [9.17, 15) is 14.7 Å². The Kier molecular flexibility index (Phi) is 5.81. The van der Waals surface area contributed by atoms with Crippen LogP contribution in [0.4, 0.5) is 4.79 Å². The SMILES string of the molecule is COc1ccc(-c2noc(C3CCN(C(=O)OC(C)(C)C)CC3)c2C(=O)O)cc1. The van der Waals surface area contributed by atoms with Gasteiger partial charge in [-0.3, -0.25) is 0 Å². The number of carbonyl (C=O) groups excluding carboxylic acids is 1. The Hall–Kier alpha value is -3.03. The minimum Gasteiger partial charge on any atom is -0.497 e. The standard InChI is InChI=1S/C21H26N2O6/c1-21(2,3)28-20(26)23-11-9-14(10-12-23)18-16(19(24)25)17(22-29-18)13-5-7-15(27-4)8-6-13/h5-8,14H,9-12H2,1-4H3,(H,24,25). The summed E-state index contributed by atoms with van der Waals surface area (Å²) in [4.78, 5) is 25.8. The fraction of sp³-hybridized carbons (Fsp3) is 0.476. The average molecular weight is 402 g/mol. The van der Waals surface area contributed by atoms with Gasteiger partial charge in [0.25, 0.3) is 0 Å². The first-order chi connectivity index (χ1) is 13.7. The van der Waals surface area contributed by atoms with Crippen LogP contribution in [-0.4, -0.2) is 53.0 Å². The van der Waals surface area contributed by atoms with E-state index in [0.717, 1.165) is 0 Å². The Balaban J connectivity index is 1.77. The highest BCUT2D eigenvalue weighted by atomic mass is 16.6. The number of ether oxygens (including phenoxy) is 2. The first-order valence-electron chi connectivity index (χ1n) is 9.55. The van der Waals surface area contributed by atoms with Crippen LogP contribution in [0.1, 0.15) is 55.6 Å². The Morgan fingerprint density at radius 1 is 1.17 bits per heavy atom. The summed E-state index contributed by atoms with van der Waals surface area (Å²) >= 11 is 0. The Morgan fingerprint density at radius 2 is 1.79 bits per heavy atom. The number of rotatable bonds is 4. The second kappa shape index (κ2) is 8.14. The van der Waals surface area contributed by atoms with Crippen molar-refractivity contribution >= 4 is 12.1 Å². The van der Waals surface area contributed by atoms with Crippen molar-refractivity contribution < 1.29 is 28.7 Å². The topological polar surface area (TPSA) is 102 Å². The molecule has 1 fully saturated rings. The van der Waals surface area contributed by atoms with Crippen molar-refractivity contribution in [1.29, 1.82) is 0 Å². The van der Waals surface area contributed by atoms with Gasteiger partial charge >= 0.3 is 12.1 Å². The molecule has 8 nitrogen and oxygen atoms in total. The summed E-state index contributed by atoms with van der Waals surface area (Å²) in [5, 5.41) is 13.8. The van der Waals surface area contributed by atoms with Gasteiger partial charge in [-0.25, -0.2) is 9.59 Å². The van der Waals surface area contributed by atoms with Gasteiger partial charge in [-0.05, 0) is 57.9 Å². The van der Waals surface area contributed by atoms with Gasteiger partial charge in [0.1, 0.15) is 22.6 Å². The number of carboxylic acid groups (broad SMARTS) is 1. The van der Waals surface area contributed by atoms with Gasteiger partial charge in [0.05, 0.1) is 7.11 Å². The van der Waals surface area contributed by atoms with Gasteiger partial charge in [-0.2, -0.15) is 0 Å². The highest BCUT2D eigenvalue weighted by molar-refractivity contribution is 5.96. The lowest BCUT2D eigenvalue weighted by molar-refractivity contribution is 0.0198. The molecule has 8 heteroatoms. The number of hydrogen-bond acceptors (Lipinski definition) is 6. The van der Waals surface area contributed by atoms with E-state index in [0.29, 0.717) is 48.7 Å². The number of likely N-dealkylation sites (tertiary alicyclic amines) is 1. The Morgan fingerprint density at radius 3 is 2.31 bits per heavy atom. The smallest absolute Gasteiger partial charge is 0.410 e. The summed E-state index contributed by atoms with van der Waals surface area (Å²) in [6.45, 7) is 6.42. The first-order valence-corrected chi connectivity index (χ1v) is 9.55. The lowest BCUT2D eigenvalue weighted by atomic mass is 9.90. The number of methoxy groups -OCH3 is 1. The molecule has 0 saturated carbocycles. The van der Waals surface area contributed by atoms with Gasteiger partial charge in [0.15, 0.2) is 5.76 Å². The van der Waals surface area contributed by atoms with Gasteiger partial charge in [-0.1, -0.05) is 5.16 Å². The fourth-order valence-corrected chi connectivity index (χ4v) is 3.38. The zero-order valence-corrected chi connectivity index (χ0v) is 17.1. The molecule has 0 atom stereocenters. The van der Waals surface area contributed by atoms with Crippen LogP contribution in [0.5, 0.6) is 5.75 Å². The molecule has 29 heavy (non-hydrogen) atoms. The largest absolute Gasteiger partial charge is 0.497 e. The number of aromatic nitrogens is 1. The number of carboxylic acids is 1. The summed E-state index contributed by atoms with van der Waals surface area (Å²) in [5.41, 5.74) is 0.461. The van der Waals surface area contributed by atoms with E-state index < -0.39 is 11.6 Å². The monoisotopic (exact) mass is 402 g/mol. The summed E-state index contributed by atoms with van der Waals surface area (Å²) < 4.78 is 16.0. The van der Waals surface area contributed by atoms with Gasteiger partial charge in [0.2, 0.25) is 0 Å². The van der Waals surface area contributed by atoms with Crippen LogP contribution < -0.4 is 4.74 Å². The first kappa shape index (κ1) is 20.7. The van der Waals surface area contributed by atoms with E-state index >= 15 is 0 Å². The molecule has 1 aromatic carbocycles. The summed E-state index contributed by atoms with van der Waals surface area (Å²) in [6.07, 6.45) is 0.805. The minimum absolute atomic E-state index is 0.0749. The number of hydrogen-bond donors (Lipinski definition) is 1. The predicted octanol–water partition coefficient (Wildman–Crippen LogP) is 4.16. The molecule has 1 saturated heterocycles. The molecule has 0 spiro atoms. The Labute approximate surface area is 169 Å². The lowest BCUT2D eigenvalue weighted by Gasteiger charge is -2.32. The van der Waals surface area contributed by atoms with Crippen LogP contribution in [-0.2, 0) is 4.74 Å². The minimum atomic E-state index is -1.08. The molecule has 1 N–H and O–H groups in total. The Bertz CT molecular complexity index is 874. The molecule has 1 aliphatic rings. The van der Waals surface area contributed by atoms with Crippen molar-refractivity contribution in [2.45, 2.75) is 45.1 Å². The molecule has 0 bridgehead atoms. The summed E-state index contributed by atoms with van der Waals surface area (Å²) in [7, 11) is 1.57. The molecular formula is C21H26N2O6. The van der Waals surface area contributed by atoms with Crippen molar-refractivity contribution in [3.8, 4) is 17.0 Å². The maximum absolute atomic E-state index is 12.2. The number of amides is 1. The normalized spacial score (nSPS) is 15.2. The molecule has 156 valence electrons. The number of carbonyl (C=O) groups is 2. The molecule has 1 aliphatic heterocycles. The van der Waals surface area contributed by atoms with Crippen molar-refractivity contribution in [2.24, 2.45) is 0 Å². The molecular weight excluding hydrogens is 376 g/mol. The molecule has 0 aliphatic carbocycles. The zero-order valence-electron chi connectivity index (χ0n) is 17.1. The van der Waals surface area contributed by atoms with E-state index in [2.05, 4.69) is 5.16 Å². The third-order valence-electron chi connectivity index (χ3n) is 4.81. The summed E-state index contributed by atoms with van der Waals surface area (Å²) in [6, 6.07) is 6.99. The number of piperidine rings is 1. The van der Waals surface area contributed by atoms with Crippen LogP contribution in [0.25, 0.3) is 11.3 Å². The van der Waals surface area contributed by atoms with Crippen molar-refractivity contribution in [1.82, 2.24) is 10.1 Å². The molecule has 1 aromatic heterocycles. The molecule has 0 radical (unpaired) electrons. The second-order valence-corrected chi connectivity index (χ2v) is 8.05. The second-order valence-electron chi connectivity index (χ2n) is 8.05. The van der Waals surface area contributed by atoms with Crippen molar-refractivity contribution in [2.75, 3.05) is 20.2 Å². The quantitative estimate of drug-likeness (QED) is 0.819. The van der Waals surface area contributed by atoms with E-state index in [1.165, 1.54) is 0 Å². The highest BCUT2D eigenvalue weighted by Gasteiger charge is 2.33. The van der Waals surface area contributed by atoms with Crippen LogP contribution in [0.3, 0.4) is 0 Å². The zero-order chi connectivity index (χ0) is 21.2. The van der Waals surface area contributed by atoms with Crippen molar-refractivity contribution in [3.63, 3.8) is 0 Å². The average Bonchev–Trinajstić information content (AvgIpc) is 3.12. The van der Waals surface area contributed by atoms with Crippen LogP contribution in [0.2, 0.25) is 0 Å². The lowest BCUT2D eigenvalue weighted by Crippen LogP contribution is -2.41. The van der Waals surface area contributed by atoms with E-state index in [-0.39, 0.29) is 17.6 Å². The van der Waals surface area contributed by atoms with Gasteiger partial charge in [0, 0.05) is 24.6 Å². The highest BCUT2D eigenvalue weighted by Crippen LogP contribution is 2.36. The van der Waals surface area contributed by atoms with Gasteiger partial charge in [-0.15, -0.1) is 0 Å². The van der Waals surface area contributed by atoms with E-state index in [1.807, 2.05) is 20.8 Å². The van der Waals surface area contributed by atoms with Crippen molar-refractivity contribution in [3.05, 3.63) is 35.6 Å². The van der Waals surface area contributed by atoms with Crippen LogP contribution in [0.15, 0.2) is 28.8 Å². The molecule has 0 unspecified atom stereocenters. The van der Waals surface area contributed by atoms with E-state index in [4.69, 9.17) is 14.0 Å².